The fourth-order valence-electron chi connectivity index (χ4n) is 3.02. The molecular formula is C15H20O3S. The second-order valence-corrected chi connectivity index (χ2v) is 6.61. The quantitative estimate of drug-likeness (QED) is 0.796. The van der Waals surface area contributed by atoms with E-state index in [0.29, 0.717) is 12.4 Å². The Morgan fingerprint density at radius 3 is 3.11 bits per heavy atom. The molecule has 1 aromatic rings. The number of hydrogen-bond acceptors (Lipinski definition) is 4. The lowest BCUT2D eigenvalue weighted by Crippen LogP contribution is -2.42. The molecule has 1 aromatic heterocycles. The van der Waals surface area contributed by atoms with E-state index in [1.165, 1.54) is 0 Å². The summed E-state index contributed by atoms with van der Waals surface area (Å²) in [6.07, 6.45) is 3.61. The summed E-state index contributed by atoms with van der Waals surface area (Å²) >= 11 is 1.94. The number of furan rings is 1. The van der Waals surface area contributed by atoms with Crippen LogP contribution < -0.4 is 0 Å². The summed E-state index contributed by atoms with van der Waals surface area (Å²) in [5.74, 6) is 3.85. The third-order valence-electron chi connectivity index (χ3n) is 4.18. The van der Waals surface area contributed by atoms with Gasteiger partial charge in [0.05, 0.1) is 5.60 Å². The number of aryl methyl sites for hydroxylation is 1. The number of ketones is 1. The second-order valence-electron chi connectivity index (χ2n) is 5.51. The van der Waals surface area contributed by atoms with Crippen molar-refractivity contribution < 1.29 is 13.9 Å². The summed E-state index contributed by atoms with van der Waals surface area (Å²) in [7, 11) is 0. The first-order valence-electron chi connectivity index (χ1n) is 7.07. The summed E-state index contributed by atoms with van der Waals surface area (Å²) in [6.45, 7) is 2.74. The number of ether oxygens (including phenoxy) is 1. The van der Waals surface area contributed by atoms with Crippen LogP contribution in [-0.2, 0) is 11.2 Å². The molecule has 0 aliphatic carbocycles. The molecule has 0 radical (unpaired) electrons. The molecule has 2 atom stereocenters. The molecule has 19 heavy (non-hydrogen) atoms. The zero-order valence-electron chi connectivity index (χ0n) is 11.3. The summed E-state index contributed by atoms with van der Waals surface area (Å²) in [4.78, 5) is 12.5. The van der Waals surface area contributed by atoms with E-state index < -0.39 is 0 Å². The van der Waals surface area contributed by atoms with Crippen LogP contribution in [0.25, 0.3) is 0 Å². The lowest BCUT2D eigenvalue weighted by molar-refractivity contribution is -0.0737. The van der Waals surface area contributed by atoms with E-state index in [4.69, 9.17) is 9.15 Å². The molecule has 3 rings (SSSR count). The molecule has 0 saturated carbocycles. The number of carbonyl (C=O) groups excluding carboxylic acids is 1. The van der Waals surface area contributed by atoms with Crippen LogP contribution >= 0.6 is 11.8 Å². The Bertz CT molecular complexity index is 460. The molecule has 3 heterocycles. The Morgan fingerprint density at radius 1 is 1.53 bits per heavy atom. The molecular weight excluding hydrogens is 260 g/mol. The molecule has 0 aromatic carbocycles. The SMILES string of the molecule is CCc1ccc(C(=O)C2CCOC3(CCSC3)C2)o1. The van der Waals surface area contributed by atoms with E-state index >= 15 is 0 Å². The van der Waals surface area contributed by atoms with Crippen LogP contribution in [0, 0.1) is 5.92 Å². The van der Waals surface area contributed by atoms with E-state index in [0.717, 1.165) is 42.9 Å². The van der Waals surface area contributed by atoms with Gasteiger partial charge in [-0.15, -0.1) is 0 Å². The monoisotopic (exact) mass is 280 g/mol. The molecule has 2 aliphatic rings. The van der Waals surface area contributed by atoms with Crippen molar-refractivity contribution in [1.82, 2.24) is 0 Å². The maximum atomic E-state index is 12.5. The van der Waals surface area contributed by atoms with Crippen LogP contribution in [0.5, 0.6) is 0 Å². The highest BCUT2D eigenvalue weighted by Crippen LogP contribution is 2.41. The van der Waals surface area contributed by atoms with Gasteiger partial charge in [0.2, 0.25) is 5.78 Å². The van der Waals surface area contributed by atoms with Crippen molar-refractivity contribution in [2.75, 3.05) is 18.1 Å². The Kier molecular flexibility index (Phi) is 3.72. The molecule has 2 saturated heterocycles. The van der Waals surface area contributed by atoms with E-state index in [2.05, 4.69) is 0 Å². The van der Waals surface area contributed by atoms with Crippen LogP contribution in [0.3, 0.4) is 0 Å². The largest absolute Gasteiger partial charge is 0.458 e. The highest BCUT2D eigenvalue weighted by atomic mass is 32.2. The first kappa shape index (κ1) is 13.3. The average Bonchev–Trinajstić information content (AvgIpc) is 3.07. The predicted octanol–water partition coefficient (Wildman–Crippen LogP) is 3.33. The van der Waals surface area contributed by atoms with Gasteiger partial charge in [-0.25, -0.2) is 0 Å². The molecule has 0 bridgehead atoms. The third-order valence-corrected chi connectivity index (χ3v) is 5.41. The summed E-state index contributed by atoms with van der Waals surface area (Å²) in [5.41, 5.74) is -0.0383. The second kappa shape index (κ2) is 5.33. The molecule has 104 valence electrons. The molecule has 1 spiro atoms. The van der Waals surface area contributed by atoms with Gasteiger partial charge in [-0.2, -0.15) is 11.8 Å². The lowest BCUT2D eigenvalue weighted by atomic mass is 9.82. The molecule has 4 heteroatoms. The highest BCUT2D eigenvalue weighted by molar-refractivity contribution is 7.99. The van der Waals surface area contributed by atoms with E-state index in [9.17, 15) is 4.79 Å². The Hall–Kier alpha value is -0.740. The van der Waals surface area contributed by atoms with Crippen molar-refractivity contribution in [3.8, 4) is 0 Å². The maximum Gasteiger partial charge on any atom is 0.201 e. The van der Waals surface area contributed by atoms with Crippen molar-refractivity contribution >= 4 is 17.5 Å². The van der Waals surface area contributed by atoms with Gasteiger partial charge in [0.15, 0.2) is 5.76 Å². The molecule has 2 fully saturated rings. The first-order valence-corrected chi connectivity index (χ1v) is 8.22. The van der Waals surface area contributed by atoms with Crippen LogP contribution in [-0.4, -0.2) is 29.5 Å². The Labute approximate surface area is 118 Å². The minimum absolute atomic E-state index is 0.0383. The molecule has 0 amide bonds. The maximum absolute atomic E-state index is 12.5. The van der Waals surface area contributed by atoms with Gasteiger partial charge >= 0.3 is 0 Å². The van der Waals surface area contributed by atoms with E-state index in [1.807, 2.05) is 30.8 Å². The first-order chi connectivity index (χ1) is 9.22. The lowest BCUT2D eigenvalue weighted by Gasteiger charge is -2.36. The number of hydrogen-bond donors (Lipinski definition) is 0. The van der Waals surface area contributed by atoms with E-state index in [1.54, 1.807) is 0 Å². The molecule has 2 aliphatic heterocycles. The van der Waals surface area contributed by atoms with Crippen molar-refractivity contribution in [3.63, 3.8) is 0 Å². The number of thioether (sulfide) groups is 1. The molecule has 0 N–H and O–H groups in total. The van der Waals surface area contributed by atoms with Crippen molar-refractivity contribution in [2.45, 2.75) is 38.2 Å². The summed E-state index contributed by atoms with van der Waals surface area (Å²) < 4.78 is 11.6. The van der Waals surface area contributed by atoms with Crippen LogP contribution in [0.2, 0.25) is 0 Å². The van der Waals surface area contributed by atoms with Gasteiger partial charge in [-0.3, -0.25) is 4.79 Å². The van der Waals surface area contributed by atoms with Crippen molar-refractivity contribution in [1.29, 1.82) is 0 Å². The molecule has 2 unspecified atom stereocenters. The average molecular weight is 280 g/mol. The predicted molar refractivity (Wildman–Crippen MR) is 75.8 cm³/mol. The van der Waals surface area contributed by atoms with Gasteiger partial charge in [0.1, 0.15) is 5.76 Å². The van der Waals surface area contributed by atoms with Crippen molar-refractivity contribution in [2.24, 2.45) is 5.92 Å². The minimum atomic E-state index is -0.0383. The van der Waals surface area contributed by atoms with E-state index in [-0.39, 0.29) is 17.3 Å². The van der Waals surface area contributed by atoms with Crippen LogP contribution in [0.1, 0.15) is 42.5 Å². The van der Waals surface area contributed by atoms with Crippen molar-refractivity contribution in [3.05, 3.63) is 23.7 Å². The summed E-state index contributed by atoms with van der Waals surface area (Å²) in [6, 6.07) is 3.74. The number of carbonyl (C=O) groups is 1. The summed E-state index contributed by atoms with van der Waals surface area (Å²) in [5, 5.41) is 0. The molecule has 3 nitrogen and oxygen atoms in total. The van der Waals surface area contributed by atoms with Gasteiger partial charge in [-0.1, -0.05) is 6.92 Å². The zero-order valence-corrected chi connectivity index (χ0v) is 12.1. The van der Waals surface area contributed by atoms with Crippen LogP contribution in [0.15, 0.2) is 16.5 Å². The van der Waals surface area contributed by atoms with Gasteiger partial charge in [0.25, 0.3) is 0 Å². The van der Waals surface area contributed by atoms with Gasteiger partial charge < -0.3 is 9.15 Å². The zero-order chi connectivity index (χ0) is 13.3. The number of rotatable bonds is 3. The highest BCUT2D eigenvalue weighted by Gasteiger charge is 2.43. The minimum Gasteiger partial charge on any atom is -0.458 e. The van der Waals surface area contributed by atoms with Crippen LogP contribution in [0.4, 0.5) is 0 Å². The normalized spacial score (nSPS) is 30.9. The fourth-order valence-corrected chi connectivity index (χ4v) is 4.39. The fraction of sp³-hybridized carbons (Fsp3) is 0.667. The smallest absolute Gasteiger partial charge is 0.201 e. The van der Waals surface area contributed by atoms with Gasteiger partial charge in [-0.05, 0) is 37.1 Å². The van der Waals surface area contributed by atoms with Gasteiger partial charge in [0, 0.05) is 24.7 Å². The topological polar surface area (TPSA) is 39.4 Å². The Morgan fingerprint density at radius 2 is 2.42 bits per heavy atom. The number of Topliss-reactive ketones (excluding diaryl/α,β-unsaturated/α-hetero) is 1. The Balaban J connectivity index is 1.72. The third kappa shape index (κ3) is 2.61. The standard InChI is InChI=1S/C15H20O3S/c1-2-12-3-4-13(18-12)14(16)11-5-7-17-15(9-11)6-8-19-10-15/h3-4,11H,2,5-10H2,1H3.